The van der Waals surface area contributed by atoms with Crippen molar-refractivity contribution in [1.29, 1.82) is 0 Å². The summed E-state index contributed by atoms with van der Waals surface area (Å²) in [5.41, 5.74) is -0.452. The molecular weight excluding hydrogens is 192 g/mol. The lowest BCUT2D eigenvalue weighted by Gasteiger charge is -2.33. The SMILES string of the molecule is CN1C=CNC1(C(=O)O)c1ccccc1. The smallest absolute Gasteiger partial charge is 0.355 e. The predicted octanol–water partition coefficient (Wildman–Crippen LogP) is 0.930. The number of carboxylic acid groups (broad SMARTS) is 1. The Hall–Kier alpha value is -1.97. The molecule has 2 rings (SSSR count). The number of aliphatic carboxylic acids is 1. The van der Waals surface area contributed by atoms with E-state index in [-0.39, 0.29) is 0 Å². The molecule has 1 aromatic rings. The van der Waals surface area contributed by atoms with Gasteiger partial charge in [-0.2, -0.15) is 0 Å². The van der Waals surface area contributed by atoms with E-state index in [0.29, 0.717) is 5.56 Å². The van der Waals surface area contributed by atoms with Gasteiger partial charge in [-0.1, -0.05) is 30.3 Å². The first-order chi connectivity index (χ1) is 7.18. The topological polar surface area (TPSA) is 52.6 Å². The van der Waals surface area contributed by atoms with Gasteiger partial charge in [-0.25, -0.2) is 4.79 Å². The highest BCUT2D eigenvalue weighted by molar-refractivity contribution is 5.81. The molecule has 0 saturated heterocycles. The van der Waals surface area contributed by atoms with Gasteiger partial charge in [0.05, 0.1) is 0 Å². The Morgan fingerprint density at radius 3 is 2.53 bits per heavy atom. The number of likely N-dealkylation sites (N-methyl/N-ethyl adjacent to an activating group) is 1. The highest BCUT2D eigenvalue weighted by atomic mass is 16.4. The van der Waals surface area contributed by atoms with Crippen LogP contribution in [0, 0.1) is 0 Å². The van der Waals surface area contributed by atoms with Crippen molar-refractivity contribution in [2.75, 3.05) is 7.05 Å². The van der Waals surface area contributed by atoms with Crippen molar-refractivity contribution in [3.63, 3.8) is 0 Å². The van der Waals surface area contributed by atoms with Crippen LogP contribution in [-0.4, -0.2) is 23.0 Å². The third kappa shape index (κ3) is 1.26. The van der Waals surface area contributed by atoms with Crippen molar-refractivity contribution in [3.8, 4) is 0 Å². The molecule has 2 N–H and O–H groups in total. The lowest BCUT2D eigenvalue weighted by atomic mass is 9.99. The van der Waals surface area contributed by atoms with Crippen LogP contribution in [0.5, 0.6) is 0 Å². The first-order valence-electron chi connectivity index (χ1n) is 4.64. The summed E-state index contributed by atoms with van der Waals surface area (Å²) in [4.78, 5) is 13.0. The minimum atomic E-state index is -1.17. The Morgan fingerprint density at radius 2 is 2.07 bits per heavy atom. The second-order valence-corrected chi connectivity index (χ2v) is 3.45. The summed E-state index contributed by atoms with van der Waals surface area (Å²) >= 11 is 0. The van der Waals surface area contributed by atoms with Crippen LogP contribution < -0.4 is 5.32 Å². The van der Waals surface area contributed by atoms with Crippen LogP contribution >= 0.6 is 0 Å². The Labute approximate surface area is 87.8 Å². The molecule has 78 valence electrons. The zero-order valence-corrected chi connectivity index (χ0v) is 8.34. The van der Waals surface area contributed by atoms with Crippen LogP contribution in [0.3, 0.4) is 0 Å². The van der Waals surface area contributed by atoms with Gasteiger partial charge in [-0.3, -0.25) is 0 Å². The standard InChI is InChI=1S/C11H12N2O2/c1-13-8-7-12-11(13,10(14)15)9-5-3-2-4-6-9/h2-8,12H,1H3,(H,14,15). The van der Waals surface area contributed by atoms with Gasteiger partial charge >= 0.3 is 5.97 Å². The number of hydrogen-bond acceptors (Lipinski definition) is 3. The number of nitrogens with one attached hydrogen (secondary N) is 1. The molecule has 1 atom stereocenters. The van der Waals surface area contributed by atoms with E-state index in [4.69, 9.17) is 0 Å². The summed E-state index contributed by atoms with van der Waals surface area (Å²) in [6.07, 6.45) is 3.35. The van der Waals surface area contributed by atoms with E-state index in [1.165, 1.54) is 0 Å². The summed E-state index contributed by atoms with van der Waals surface area (Å²) in [6, 6.07) is 9.11. The summed E-state index contributed by atoms with van der Waals surface area (Å²) in [7, 11) is 1.73. The Bertz CT molecular complexity index is 402. The fraction of sp³-hybridized carbons (Fsp3) is 0.182. The average molecular weight is 204 g/mol. The van der Waals surface area contributed by atoms with E-state index >= 15 is 0 Å². The molecule has 0 bridgehead atoms. The molecule has 1 unspecified atom stereocenters. The molecule has 15 heavy (non-hydrogen) atoms. The zero-order chi connectivity index (χ0) is 10.9. The van der Waals surface area contributed by atoms with Crippen molar-refractivity contribution in [3.05, 3.63) is 48.3 Å². The summed E-state index contributed by atoms with van der Waals surface area (Å²) in [5.74, 6) is -0.916. The maximum atomic E-state index is 11.4. The van der Waals surface area contributed by atoms with Crippen LogP contribution in [0.15, 0.2) is 42.7 Å². The largest absolute Gasteiger partial charge is 0.478 e. The molecule has 0 spiro atoms. The summed E-state index contributed by atoms with van der Waals surface area (Å²) in [5, 5.41) is 12.2. The van der Waals surface area contributed by atoms with Crippen molar-refractivity contribution in [2.24, 2.45) is 0 Å². The second-order valence-electron chi connectivity index (χ2n) is 3.45. The van der Waals surface area contributed by atoms with Gasteiger partial charge in [0.25, 0.3) is 0 Å². The fourth-order valence-corrected chi connectivity index (χ4v) is 1.79. The summed E-state index contributed by atoms with van der Waals surface area (Å²) < 4.78 is 0. The van der Waals surface area contributed by atoms with Gasteiger partial charge in [-0.15, -0.1) is 0 Å². The Morgan fingerprint density at radius 1 is 1.40 bits per heavy atom. The molecule has 1 aliphatic heterocycles. The monoisotopic (exact) mass is 204 g/mol. The predicted molar refractivity (Wildman–Crippen MR) is 55.8 cm³/mol. The maximum Gasteiger partial charge on any atom is 0.355 e. The second kappa shape index (κ2) is 3.31. The number of carboxylic acids is 1. The highest BCUT2D eigenvalue weighted by Crippen LogP contribution is 2.28. The van der Waals surface area contributed by atoms with E-state index in [0.717, 1.165) is 0 Å². The van der Waals surface area contributed by atoms with E-state index in [1.54, 1.807) is 36.5 Å². The first kappa shape index (κ1) is 9.58. The number of nitrogens with zero attached hydrogens (tertiary/aromatic N) is 1. The van der Waals surface area contributed by atoms with Crippen LogP contribution in [0.4, 0.5) is 0 Å². The van der Waals surface area contributed by atoms with Crippen molar-refractivity contribution >= 4 is 5.97 Å². The van der Waals surface area contributed by atoms with Crippen molar-refractivity contribution in [1.82, 2.24) is 10.2 Å². The lowest BCUT2D eigenvalue weighted by molar-refractivity contribution is -0.150. The Kier molecular flexibility index (Phi) is 2.11. The Balaban J connectivity index is 2.50. The lowest BCUT2D eigenvalue weighted by Crippen LogP contribution is -2.53. The third-order valence-corrected chi connectivity index (χ3v) is 2.62. The molecule has 1 aromatic carbocycles. The van der Waals surface area contributed by atoms with Gasteiger partial charge in [0.15, 0.2) is 0 Å². The molecule has 0 radical (unpaired) electrons. The minimum Gasteiger partial charge on any atom is -0.478 e. The zero-order valence-electron chi connectivity index (χ0n) is 8.34. The number of benzene rings is 1. The van der Waals surface area contributed by atoms with E-state index < -0.39 is 11.6 Å². The molecule has 0 aliphatic carbocycles. The molecule has 0 amide bonds. The number of rotatable bonds is 2. The van der Waals surface area contributed by atoms with Gasteiger partial charge in [-0.05, 0) is 0 Å². The van der Waals surface area contributed by atoms with Crippen molar-refractivity contribution in [2.45, 2.75) is 5.66 Å². The van der Waals surface area contributed by atoms with Gasteiger partial charge in [0, 0.05) is 25.0 Å². The molecule has 0 saturated carbocycles. The normalized spacial score (nSPS) is 23.9. The number of carbonyl (C=O) groups is 1. The third-order valence-electron chi connectivity index (χ3n) is 2.62. The van der Waals surface area contributed by atoms with E-state index in [1.807, 2.05) is 18.2 Å². The van der Waals surface area contributed by atoms with E-state index in [9.17, 15) is 9.90 Å². The van der Waals surface area contributed by atoms with Crippen LogP contribution in [0.1, 0.15) is 5.56 Å². The molecule has 4 heteroatoms. The van der Waals surface area contributed by atoms with Crippen LogP contribution in [-0.2, 0) is 10.5 Å². The van der Waals surface area contributed by atoms with E-state index in [2.05, 4.69) is 5.32 Å². The average Bonchev–Trinajstić information content (AvgIpc) is 2.62. The van der Waals surface area contributed by atoms with Gasteiger partial charge in [0.2, 0.25) is 5.66 Å². The van der Waals surface area contributed by atoms with Crippen LogP contribution in [0.2, 0.25) is 0 Å². The van der Waals surface area contributed by atoms with Crippen molar-refractivity contribution < 1.29 is 9.90 Å². The molecular formula is C11H12N2O2. The molecule has 1 aliphatic rings. The molecule has 4 nitrogen and oxygen atoms in total. The molecule has 0 aromatic heterocycles. The molecule has 0 fully saturated rings. The minimum absolute atomic E-state index is 0.713. The quantitative estimate of drug-likeness (QED) is 0.752. The van der Waals surface area contributed by atoms with Crippen LogP contribution in [0.25, 0.3) is 0 Å². The fourth-order valence-electron chi connectivity index (χ4n) is 1.79. The summed E-state index contributed by atoms with van der Waals surface area (Å²) in [6.45, 7) is 0. The maximum absolute atomic E-state index is 11.4. The van der Waals surface area contributed by atoms with Gasteiger partial charge < -0.3 is 15.3 Å². The molecule has 1 heterocycles. The first-order valence-corrected chi connectivity index (χ1v) is 4.64. The van der Waals surface area contributed by atoms with Gasteiger partial charge in [0.1, 0.15) is 0 Å². The number of hydrogen-bond donors (Lipinski definition) is 2. The highest BCUT2D eigenvalue weighted by Gasteiger charge is 2.45.